The van der Waals surface area contributed by atoms with E-state index in [-0.39, 0.29) is 0 Å². The maximum Gasteiger partial charge on any atom is 0.313 e. The Balaban J connectivity index is 4.08. The molecule has 0 aromatic rings. The second-order valence-electron chi connectivity index (χ2n) is 4.73. The zero-order chi connectivity index (χ0) is 12.4. The molecule has 0 saturated carbocycles. The predicted molar refractivity (Wildman–Crippen MR) is 65.6 cm³/mol. The number of rotatable bonds is 8. The minimum Gasteiger partial charge on any atom is -0.164 e. The molecular formula is C14H24F2. The molecule has 0 aliphatic carbocycles. The molecule has 0 aliphatic heterocycles. The van der Waals surface area contributed by atoms with E-state index >= 15 is 0 Å². The Morgan fingerprint density at radius 3 is 2.25 bits per heavy atom. The minimum atomic E-state index is -1.67. The summed E-state index contributed by atoms with van der Waals surface area (Å²) in [6, 6.07) is 0. The Hall–Kier alpha value is -0.620. The van der Waals surface area contributed by atoms with Crippen LogP contribution in [0.5, 0.6) is 0 Å². The summed E-state index contributed by atoms with van der Waals surface area (Å²) in [4.78, 5) is 0. The fourth-order valence-electron chi connectivity index (χ4n) is 1.61. The van der Waals surface area contributed by atoms with Crippen molar-refractivity contribution < 1.29 is 8.78 Å². The lowest BCUT2D eigenvalue weighted by Crippen LogP contribution is -1.90. The zero-order valence-electron chi connectivity index (χ0n) is 10.8. The Labute approximate surface area is 98.4 Å². The largest absolute Gasteiger partial charge is 0.313 e. The highest BCUT2D eigenvalue weighted by atomic mass is 19.3. The lowest BCUT2D eigenvalue weighted by atomic mass is 9.99. The van der Waals surface area contributed by atoms with E-state index in [1.165, 1.54) is 12.8 Å². The highest BCUT2D eigenvalue weighted by molar-refractivity contribution is 5.02. The van der Waals surface area contributed by atoms with E-state index in [4.69, 9.17) is 0 Å². The molecule has 0 amide bonds. The zero-order valence-corrected chi connectivity index (χ0v) is 10.8. The van der Waals surface area contributed by atoms with Crippen LogP contribution in [0.25, 0.3) is 0 Å². The molecule has 0 bridgehead atoms. The number of halogens is 2. The van der Waals surface area contributed by atoms with Gasteiger partial charge in [0, 0.05) is 0 Å². The lowest BCUT2D eigenvalue weighted by Gasteiger charge is -2.07. The van der Waals surface area contributed by atoms with E-state index in [0.717, 1.165) is 37.7 Å². The van der Waals surface area contributed by atoms with Gasteiger partial charge in [0.15, 0.2) is 0 Å². The first-order chi connectivity index (χ1) is 7.56. The molecular weight excluding hydrogens is 206 g/mol. The van der Waals surface area contributed by atoms with Crippen molar-refractivity contribution >= 4 is 0 Å². The maximum atomic E-state index is 12.2. The predicted octanol–water partition coefficient (Wildman–Crippen LogP) is 5.70. The third-order valence-corrected chi connectivity index (χ3v) is 2.63. The quantitative estimate of drug-likeness (QED) is 0.370. The molecule has 0 spiro atoms. The van der Waals surface area contributed by atoms with Crippen molar-refractivity contribution in [3.8, 4) is 0 Å². The summed E-state index contributed by atoms with van der Waals surface area (Å²) in [5, 5.41) is 0. The molecule has 2 heteroatoms. The van der Waals surface area contributed by atoms with Crippen molar-refractivity contribution in [1.82, 2.24) is 0 Å². The van der Waals surface area contributed by atoms with Gasteiger partial charge >= 0.3 is 6.08 Å². The summed E-state index contributed by atoms with van der Waals surface area (Å²) in [5.41, 5.74) is 3.01. The number of unbranched alkanes of at least 4 members (excludes halogenated alkanes) is 3. The first kappa shape index (κ1) is 15.4. The smallest absolute Gasteiger partial charge is 0.164 e. The van der Waals surface area contributed by atoms with Crippen LogP contribution in [0.4, 0.5) is 8.78 Å². The van der Waals surface area contributed by atoms with Crippen LogP contribution in [0.3, 0.4) is 0 Å². The summed E-state index contributed by atoms with van der Waals surface area (Å²) in [7, 11) is 0. The van der Waals surface area contributed by atoms with Crippen LogP contribution in [0.15, 0.2) is 17.4 Å². The highest BCUT2D eigenvalue weighted by Gasteiger charge is 2.01. The fraction of sp³-hybridized carbons (Fsp3) is 0.786. The Morgan fingerprint density at radius 2 is 1.75 bits per heavy atom. The van der Waals surface area contributed by atoms with Crippen LogP contribution >= 0.6 is 0 Å². The lowest BCUT2D eigenvalue weighted by molar-refractivity contribution is 0.422. The average molecular weight is 230 g/mol. The summed E-state index contributed by atoms with van der Waals surface area (Å²) < 4.78 is 24.3. The maximum absolute atomic E-state index is 12.2. The van der Waals surface area contributed by atoms with Gasteiger partial charge in [-0.1, -0.05) is 45.8 Å². The first-order valence-electron chi connectivity index (χ1n) is 6.36. The summed E-state index contributed by atoms with van der Waals surface area (Å²) in [6.07, 6.45) is 5.37. The molecule has 0 saturated heterocycles. The number of hydrogen-bond donors (Lipinski definition) is 0. The molecule has 16 heavy (non-hydrogen) atoms. The van der Waals surface area contributed by atoms with Crippen molar-refractivity contribution in [2.45, 2.75) is 65.7 Å². The topological polar surface area (TPSA) is 0 Å². The summed E-state index contributed by atoms with van der Waals surface area (Å²) in [5.74, 6) is 0.565. The fourth-order valence-corrected chi connectivity index (χ4v) is 1.61. The minimum absolute atomic E-state index is 0.565. The van der Waals surface area contributed by atoms with Gasteiger partial charge in [-0.15, -0.1) is 0 Å². The van der Waals surface area contributed by atoms with Gasteiger partial charge in [-0.05, 0) is 37.2 Å². The summed E-state index contributed by atoms with van der Waals surface area (Å²) >= 11 is 0. The van der Waals surface area contributed by atoms with E-state index in [1.54, 1.807) is 0 Å². The van der Waals surface area contributed by atoms with Crippen LogP contribution in [-0.4, -0.2) is 0 Å². The molecule has 0 atom stereocenters. The average Bonchev–Trinajstić information content (AvgIpc) is 2.19. The van der Waals surface area contributed by atoms with Gasteiger partial charge < -0.3 is 0 Å². The van der Waals surface area contributed by atoms with Crippen molar-refractivity contribution in [3.05, 3.63) is 17.4 Å². The molecule has 0 rings (SSSR count). The molecule has 0 unspecified atom stereocenters. The van der Waals surface area contributed by atoms with Gasteiger partial charge in [0.05, 0.1) is 0 Å². The van der Waals surface area contributed by atoms with Crippen molar-refractivity contribution in [1.29, 1.82) is 0 Å². The van der Waals surface area contributed by atoms with Gasteiger partial charge in [-0.2, -0.15) is 8.78 Å². The van der Waals surface area contributed by atoms with Gasteiger partial charge in [-0.25, -0.2) is 0 Å². The second-order valence-corrected chi connectivity index (χ2v) is 4.73. The van der Waals surface area contributed by atoms with E-state index in [0.29, 0.717) is 5.92 Å². The van der Waals surface area contributed by atoms with Crippen molar-refractivity contribution in [2.24, 2.45) is 5.92 Å². The Kier molecular flexibility index (Phi) is 9.22. The molecule has 0 aromatic heterocycles. The van der Waals surface area contributed by atoms with Crippen LogP contribution in [0, 0.1) is 5.92 Å². The Bertz CT molecular complexity index is 231. The van der Waals surface area contributed by atoms with Crippen LogP contribution in [0.2, 0.25) is 0 Å². The van der Waals surface area contributed by atoms with E-state index < -0.39 is 6.08 Å². The molecule has 0 fully saturated rings. The number of hydrogen-bond acceptors (Lipinski definition) is 0. The third kappa shape index (κ3) is 9.92. The van der Waals surface area contributed by atoms with Crippen molar-refractivity contribution in [2.75, 3.05) is 0 Å². The standard InChI is InChI=1S/C14H24F2/c1-4-5-6-7-8-13(11-14(15)16)10-9-12(2)3/h12H,4-10H2,1-3H3. The van der Waals surface area contributed by atoms with Gasteiger partial charge in [0.25, 0.3) is 0 Å². The number of allylic oxidation sites excluding steroid dienone is 1. The highest BCUT2D eigenvalue weighted by Crippen LogP contribution is 2.18. The Morgan fingerprint density at radius 1 is 1.06 bits per heavy atom. The van der Waals surface area contributed by atoms with Crippen LogP contribution < -0.4 is 0 Å². The van der Waals surface area contributed by atoms with E-state index in [1.807, 2.05) is 0 Å². The third-order valence-electron chi connectivity index (χ3n) is 2.63. The van der Waals surface area contributed by atoms with Crippen LogP contribution in [-0.2, 0) is 0 Å². The molecule has 94 valence electrons. The summed E-state index contributed by atoms with van der Waals surface area (Å²) in [6.45, 7) is 6.38. The first-order valence-corrected chi connectivity index (χ1v) is 6.36. The molecule has 0 radical (unpaired) electrons. The van der Waals surface area contributed by atoms with Crippen LogP contribution in [0.1, 0.15) is 65.7 Å². The van der Waals surface area contributed by atoms with Gasteiger partial charge in [-0.3, -0.25) is 0 Å². The van der Waals surface area contributed by atoms with Crippen molar-refractivity contribution in [3.63, 3.8) is 0 Å². The molecule has 0 heterocycles. The monoisotopic (exact) mass is 230 g/mol. The normalized spacial score (nSPS) is 10.4. The molecule has 0 aromatic carbocycles. The SMILES string of the molecule is CCCCCCC(=C=C(F)F)CCC(C)C. The molecule has 0 nitrogen and oxygen atoms in total. The van der Waals surface area contributed by atoms with Gasteiger partial charge in [0.2, 0.25) is 0 Å². The van der Waals surface area contributed by atoms with E-state index in [9.17, 15) is 8.78 Å². The van der Waals surface area contributed by atoms with Gasteiger partial charge in [0.1, 0.15) is 0 Å². The van der Waals surface area contributed by atoms with E-state index in [2.05, 4.69) is 26.5 Å². The molecule has 0 aliphatic rings. The second kappa shape index (κ2) is 9.59. The molecule has 0 N–H and O–H groups in total.